The molecule has 0 saturated carbocycles. The molecule has 2 amide bonds. The highest BCUT2D eigenvalue weighted by Gasteiger charge is 2.40. The van der Waals surface area contributed by atoms with Crippen molar-refractivity contribution < 1.29 is 18.7 Å². The molecule has 2 atom stereocenters. The van der Waals surface area contributed by atoms with Crippen LogP contribution in [0.3, 0.4) is 0 Å². The van der Waals surface area contributed by atoms with Crippen molar-refractivity contribution in [2.75, 3.05) is 33.7 Å². The highest BCUT2D eigenvalue weighted by Crippen LogP contribution is 2.22. The fourth-order valence-electron chi connectivity index (χ4n) is 2.56. The minimum absolute atomic E-state index is 0.00817. The summed E-state index contributed by atoms with van der Waals surface area (Å²) < 4.78 is 18.9. The van der Waals surface area contributed by atoms with Gasteiger partial charge in [0.05, 0.1) is 6.54 Å². The number of alkyl halides is 1. The third kappa shape index (κ3) is 5.19. The van der Waals surface area contributed by atoms with Crippen molar-refractivity contribution in [1.29, 1.82) is 0 Å². The normalized spacial score (nSPS) is 20.2. The smallest absolute Gasteiger partial charge is 0.410 e. The molecule has 0 aromatic heterocycles. The van der Waals surface area contributed by atoms with E-state index >= 15 is 0 Å². The van der Waals surface area contributed by atoms with Crippen LogP contribution in [-0.4, -0.2) is 67.7 Å². The average Bonchev–Trinajstić information content (AvgIpc) is 2.95. The number of likely N-dealkylation sites (tertiary alicyclic amines) is 1. The van der Waals surface area contributed by atoms with Gasteiger partial charge in [-0.1, -0.05) is 30.3 Å². The predicted molar refractivity (Wildman–Crippen MR) is 88.2 cm³/mol. The summed E-state index contributed by atoms with van der Waals surface area (Å²) in [6.45, 7) is 1.11. The van der Waals surface area contributed by atoms with Crippen LogP contribution in [0.25, 0.3) is 0 Å². The van der Waals surface area contributed by atoms with Gasteiger partial charge in [-0.05, 0) is 19.7 Å². The van der Waals surface area contributed by atoms with Gasteiger partial charge in [0.2, 0.25) is 5.91 Å². The summed E-state index contributed by atoms with van der Waals surface area (Å²) in [7, 11) is 3.79. The van der Waals surface area contributed by atoms with Gasteiger partial charge in [-0.3, -0.25) is 9.69 Å². The maximum atomic E-state index is 13.7. The molecule has 1 aromatic carbocycles. The number of halogens is 1. The topological polar surface area (TPSA) is 61.9 Å². The average molecular weight is 337 g/mol. The van der Waals surface area contributed by atoms with E-state index in [2.05, 4.69) is 5.32 Å². The minimum atomic E-state index is -1.21. The lowest BCUT2D eigenvalue weighted by molar-refractivity contribution is -0.125. The molecule has 132 valence electrons. The number of hydrogen-bond donors (Lipinski definition) is 1. The lowest BCUT2D eigenvalue weighted by Crippen LogP contribution is -2.47. The molecule has 6 nitrogen and oxygen atoms in total. The highest BCUT2D eigenvalue weighted by atomic mass is 19.1. The number of amides is 2. The second-order valence-electron chi connectivity index (χ2n) is 6.14. The van der Waals surface area contributed by atoms with E-state index in [1.807, 2.05) is 49.3 Å². The van der Waals surface area contributed by atoms with E-state index in [-0.39, 0.29) is 25.5 Å². The van der Waals surface area contributed by atoms with Gasteiger partial charge in [-0.25, -0.2) is 9.18 Å². The molecule has 0 spiro atoms. The van der Waals surface area contributed by atoms with Crippen LogP contribution in [0.1, 0.15) is 12.0 Å². The third-order valence-corrected chi connectivity index (χ3v) is 3.85. The predicted octanol–water partition coefficient (Wildman–Crippen LogP) is 1.41. The first-order valence-corrected chi connectivity index (χ1v) is 8.01. The van der Waals surface area contributed by atoms with E-state index in [0.29, 0.717) is 13.1 Å². The van der Waals surface area contributed by atoms with Crippen molar-refractivity contribution in [3.8, 4) is 0 Å². The van der Waals surface area contributed by atoms with E-state index in [9.17, 15) is 14.0 Å². The Morgan fingerprint density at radius 3 is 2.71 bits per heavy atom. The maximum Gasteiger partial charge on any atom is 0.410 e. The van der Waals surface area contributed by atoms with Gasteiger partial charge in [0.25, 0.3) is 0 Å². The van der Waals surface area contributed by atoms with Crippen LogP contribution in [0.2, 0.25) is 0 Å². The molecule has 2 rings (SSSR count). The first kappa shape index (κ1) is 18.2. The molecule has 0 bridgehead atoms. The SMILES string of the molecule is CN(C)CCNC(=O)[C@@H]1C[C@@H](F)CN1C(=O)OCc1ccccc1. The zero-order valence-electron chi connectivity index (χ0n) is 14.1. The van der Waals surface area contributed by atoms with Crippen molar-refractivity contribution in [3.05, 3.63) is 35.9 Å². The Balaban J connectivity index is 1.88. The van der Waals surface area contributed by atoms with Gasteiger partial charge in [0, 0.05) is 19.5 Å². The molecule has 1 heterocycles. The lowest BCUT2D eigenvalue weighted by atomic mass is 10.2. The molecule has 1 aliphatic heterocycles. The summed E-state index contributed by atoms with van der Waals surface area (Å²) >= 11 is 0. The van der Waals surface area contributed by atoms with Gasteiger partial charge < -0.3 is 15.0 Å². The summed E-state index contributed by atoms with van der Waals surface area (Å²) in [5.74, 6) is -0.339. The summed E-state index contributed by atoms with van der Waals surface area (Å²) in [6.07, 6.45) is -1.86. The van der Waals surface area contributed by atoms with Crippen LogP contribution < -0.4 is 5.32 Å². The van der Waals surface area contributed by atoms with E-state index in [4.69, 9.17) is 4.74 Å². The molecule has 1 aliphatic rings. The Labute approximate surface area is 141 Å². The van der Waals surface area contributed by atoms with Crippen LogP contribution in [-0.2, 0) is 16.1 Å². The zero-order chi connectivity index (χ0) is 17.5. The molecule has 0 radical (unpaired) electrons. The van der Waals surface area contributed by atoms with E-state index in [1.54, 1.807) is 0 Å². The van der Waals surface area contributed by atoms with Crippen molar-refractivity contribution in [2.24, 2.45) is 0 Å². The van der Waals surface area contributed by atoms with Crippen LogP contribution >= 0.6 is 0 Å². The molecule has 0 aliphatic carbocycles. The Kier molecular flexibility index (Phi) is 6.54. The summed E-state index contributed by atoms with van der Waals surface area (Å²) in [5.41, 5.74) is 0.842. The Hall–Kier alpha value is -2.15. The number of likely N-dealkylation sites (N-methyl/N-ethyl adjacent to an activating group) is 1. The van der Waals surface area contributed by atoms with E-state index in [0.717, 1.165) is 5.56 Å². The first-order chi connectivity index (χ1) is 11.5. The molecule has 7 heteroatoms. The van der Waals surface area contributed by atoms with Crippen molar-refractivity contribution in [3.63, 3.8) is 0 Å². The largest absolute Gasteiger partial charge is 0.445 e. The fourth-order valence-corrected chi connectivity index (χ4v) is 2.56. The second kappa shape index (κ2) is 8.63. The number of benzene rings is 1. The summed E-state index contributed by atoms with van der Waals surface area (Å²) in [6, 6.07) is 8.41. The van der Waals surface area contributed by atoms with Crippen LogP contribution in [0, 0.1) is 0 Å². The lowest BCUT2D eigenvalue weighted by Gasteiger charge is -2.23. The molecular formula is C17H24FN3O3. The maximum absolute atomic E-state index is 13.7. The quantitative estimate of drug-likeness (QED) is 0.853. The number of carbonyl (C=O) groups excluding carboxylic acids is 2. The van der Waals surface area contributed by atoms with Crippen molar-refractivity contribution >= 4 is 12.0 Å². The Bertz CT molecular complexity index is 553. The molecule has 1 saturated heterocycles. The van der Waals surface area contributed by atoms with Crippen LogP contribution in [0.5, 0.6) is 0 Å². The number of nitrogens with one attached hydrogen (secondary N) is 1. The monoisotopic (exact) mass is 337 g/mol. The third-order valence-electron chi connectivity index (χ3n) is 3.85. The molecule has 1 aromatic rings. The molecule has 1 N–H and O–H groups in total. The molecule has 1 fully saturated rings. The van der Waals surface area contributed by atoms with Gasteiger partial charge >= 0.3 is 6.09 Å². The van der Waals surface area contributed by atoms with Crippen LogP contribution in [0.4, 0.5) is 9.18 Å². The van der Waals surface area contributed by atoms with Crippen molar-refractivity contribution in [1.82, 2.24) is 15.1 Å². The van der Waals surface area contributed by atoms with Crippen LogP contribution in [0.15, 0.2) is 30.3 Å². The molecular weight excluding hydrogens is 313 g/mol. The van der Waals surface area contributed by atoms with Gasteiger partial charge in [-0.15, -0.1) is 0 Å². The minimum Gasteiger partial charge on any atom is -0.445 e. The number of rotatable bonds is 6. The molecule has 0 unspecified atom stereocenters. The second-order valence-corrected chi connectivity index (χ2v) is 6.14. The number of hydrogen-bond acceptors (Lipinski definition) is 4. The highest BCUT2D eigenvalue weighted by molar-refractivity contribution is 5.86. The van der Waals surface area contributed by atoms with E-state index < -0.39 is 18.3 Å². The Morgan fingerprint density at radius 1 is 1.33 bits per heavy atom. The van der Waals surface area contributed by atoms with Gasteiger partial charge in [0.1, 0.15) is 18.8 Å². The number of nitrogens with zero attached hydrogens (tertiary/aromatic N) is 2. The number of carbonyl (C=O) groups is 2. The first-order valence-electron chi connectivity index (χ1n) is 8.01. The Morgan fingerprint density at radius 2 is 2.04 bits per heavy atom. The van der Waals surface area contributed by atoms with Gasteiger partial charge in [0.15, 0.2) is 0 Å². The van der Waals surface area contributed by atoms with Crippen molar-refractivity contribution in [2.45, 2.75) is 25.2 Å². The standard InChI is InChI=1S/C17H24FN3O3/c1-20(2)9-8-19-16(22)15-10-14(18)11-21(15)17(23)24-12-13-6-4-3-5-7-13/h3-7,14-15H,8-12H2,1-2H3,(H,19,22)/t14-,15+/m1/s1. The molecule has 24 heavy (non-hydrogen) atoms. The number of ether oxygens (including phenoxy) is 1. The summed E-state index contributed by atoms with van der Waals surface area (Å²) in [5, 5.41) is 2.74. The zero-order valence-corrected chi connectivity index (χ0v) is 14.1. The summed E-state index contributed by atoms with van der Waals surface area (Å²) in [4.78, 5) is 27.5. The fraction of sp³-hybridized carbons (Fsp3) is 0.529. The van der Waals surface area contributed by atoms with Gasteiger partial charge in [-0.2, -0.15) is 0 Å². The van der Waals surface area contributed by atoms with E-state index in [1.165, 1.54) is 4.90 Å².